The van der Waals surface area contributed by atoms with E-state index < -0.39 is 5.54 Å². The lowest BCUT2D eigenvalue weighted by atomic mass is 9.93. The fraction of sp³-hybridized carbons (Fsp3) is 0.308. The SMILES string of the molecule is C#CCC(=O)NC(C)(CO)c1ccccc1. The van der Waals surface area contributed by atoms with Crippen molar-refractivity contribution in [3.63, 3.8) is 0 Å². The Labute approximate surface area is 95.5 Å². The number of terminal acetylenes is 1. The van der Waals surface area contributed by atoms with Crippen LogP contribution >= 0.6 is 0 Å². The zero-order valence-electron chi connectivity index (χ0n) is 9.23. The van der Waals surface area contributed by atoms with Crippen molar-refractivity contribution < 1.29 is 9.90 Å². The van der Waals surface area contributed by atoms with Crippen molar-refractivity contribution in [3.8, 4) is 12.3 Å². The molecule has 0 fully saturated rings. The molecule has 0 aliphatic rings. The highest BCUT2D eigenvalue weighted by Gasteiger charge is 2.27. The highest BCUT2D eigenvalue weighted by Crippen LogP contribution is 2.19. The Balaban J connectivity index is 2.87. The third kappa shape index (κ3) is 2.85. The van der Waals surface area contributed by atoms with Crippen molar-refractivity contribution in [2.24, 2.45) is 0 Å². The van der Waals surface area contributed by atoms with Crippen molar-refractivity contribution >= 4 is 5.91 Å². The maximum absolute atomic E-state index is 11.4. The predicted molar refractivity (Wildman–Crippen MR) is 62.5 cm³/mol. The fourth-order valence-electron chi connectivity index (χ4n) is 1.45. The minimum atomic E-state index is -0.783. The van der Waals surface area contributed by atoms with Gasteiger partial charge in [-0.2, -0.15) is 0 Å². The molecule has 1 unspecified atom stereocenters. The molecule has 0 aliphatic heterocycles. The highest BCUT2D eigenvalue weighted by atomic mass is 16.3. The summed E-state index contributed by atoms with van der Waals surface area (Å²) in [5, 5.41) is 12.1. The minimum absolute atomic E-state index is 0.0163. The molecule has 0 saturated carbocycles. The van der Waals surface area contributed by atoms with E-state index in [1.807, 2.05) is 30.3 Å². The monoisotopic (exact) mass is 217 g/mol. The molecule has 1 atom stereocenters. The number of amides is 1. The van der Waals surface area contributed by atoms with Gasteiger partial charge in [-0.25, -0.2) is 0 Å². The number of carbonyl (C=O) groups is 1. The maximum Gasteiger partial charge on any atom is 0.232 e. The number of aliphatic hydroxyl groups excluding tert-OH is 1. The van der Waals surface area contributed by atoms with Crippen LogP contribution in [0.25, 0.3) is 0 Å². The smallest absolute Gasteiger partial charge is 0.232 e. The van der Waals surface area contributed by atoms with Crippen LogP contribution in [0.2, 0.25) is 0 Å². The molecule has 0 heterocycles. The lowest BCUT2D eigenvalue weighted by Gasteiger charge is -2.29. The topological polar surface area (TPSA) is 49.3 Å². The van der Waals surface area contributed by atoms with Crippen molar-refractivity contribution in [1.29, 1.82) is 0 Å². The number of hydrogen-bond acceptors (Lipinski definition) is 2. The van der Waals surface area contributed by atoms with Gasteiger partial charge < -0.3 is 10.4 Å². The quantitative estimate of drug-likeness (QED) is 0.740. The Bertz CT molecular complexity index is 394. The largest absolute Gasteiger partial charge is 0.394 e. The molecule has 0 spiro atoms. The van der Waals surface area contributed by atoms with E-state index in [-0.39, 0.29) is 18.9 Å². The molecule has 0 aromatic heterocycles. The van der Waals surface area contributed by atoms with E-state index in [1.165, 1.54) is 0 Å². The number of rotatable bonds is 4. The first-order chi connectivity index (χ1) is 7.62. The third-order valence-corrected chi connectivity index (χ3v) is 2.41. The molecule has 1 amide bonds. The standard InChI is InChI=1S/C13H15NO2/c1-3-7-12(16)14-13(2,10-15)11-8-5-4-6-9-11/h1,4-6,8-9,15H,7,10H2,2H3,(H,14,16). The van der Waals surface area contributed by atoms with Gasteiger partial charge in [-0.3, -0.25) is 4.79 Å². The van der Waals surface area contributed by atoms with Gasteiger partial charge in [0, 0.05) is 0 Å². The van der Waals surface area contributed by atoms with Crippen molar-refractivity contribution in [2.45, 2.75) is 18.9 Å². The number of nitrogens with one attached hydrogen (secondary N) is 1. The van der Waals surface area contributed by atoms with Crippen LogP contribution in [0, 0.1) is 12.3 Å². The average molecular weight is 217 g/mol. The van der Waals surface area contributed by atoms with Crippen molar-refractivity contribution in [2.75, 3.05) is 6.61 Å². The zero-order chi connectivity index (χ0) is 12.0. The first-order valence-electron chi connectivity index (χ1n) is 5.03. The van der Waals surface area contributed by atoms with Crippen LogP contribution in [0.1, 0.15) is 18.9 Å². The Morgan fingerprint density at radius 3 is 2.62 bits per heavy atom. The molecular weight excluding hydrogens is 202 g/mol. The average Bonchev–Trinajstić information content (AvgIpc) is 2.30. The molecule has 3 nitrogen and oxygen atoms in total. The zero-order valence-corrected chi connectivity index (χ0v) is 9.23. The first kappa shape index (κ1) is 12.3. The molecule has 84 valence electrons. The van der Waals surface area contributed by atoms with Gasteiger partial charge in [-0.05, 0) is 12.5 Å². The minimum Gasteiger partial charge on any atom is -0.394 e. The van der Waals surface area contributed by atoms with Gasteiger partial charge >= 0.3 is 0 Å². The normalized spacial score (nSPS) is 13.6. The molecule has 2 N–H and O–H groups in total. The fourth-order valence-corrected chi connectivity index (χ4v) is 1.45. The van der Waals surface area contributed by atoms with E-state index in [1.54, 1.807) is 6.92 Å². The van der Waals surface area contributed by atoms with Gasteiger partial charge in [0.15, 0.2) is 0 Å². The molecule has 1 aromatic rings. The summed E-state index contributed by atoms with van der Waals surface area (Å²) in [5.41, 5.74) is 0.0673. The second-order valence-corrected chi connectivity index (χ2v) is 3.79. The Kier molecular flexibility index (Phi) is 4.10. The van der Waals surface area contributed by atoms with E-state index in [0.29, 0.717) is 0 Å². The lowest BCUT2D eigenvalue weighted by molar-refractivity contribution is -0.122. The summed E-state index contributed by atoms with van der Waals surface area (Å²) in [6, 6.07) is 9.30. The van der Waals surface area contributed by atoms with E-state index in [0.717, 1.165) is 5.56 Å². The molecule has 1 aromatic carbocycles. The van der Waals surface area contributed by atoms with Gasteiger partial charge in [0.05, 0.1) is 18.6 Å². The van der Waals surface area contributed by atoms with Crippen LogP contribution in [0.3, 0.4) is 0 Å². The van der Waals surface area contributed by atoms with Crippen LogP contribution in [0.4, 0.5) is 0 Å². The molecule has 1 rings (SSSR count). The molecule has 0 aliphatic carbocycles. The van der Waals surface area contributed by atoms with Crippen LogP contribution < -0.4 is 5.32 Å². The number of benzene rings is 1. The molecule has 3 heteroatoms. The number of hydrogen-bond donors (Lipinski definition) is 2. The molecular formula is C13H15NO2. The Hall–Kier alpha value is -1.79. The summed E-state index contributed by atoms with van der Waals surface area (Å²) >= 11 is 0. The van der Waals surface area contributed by atoms with Crippen molar-refractivity contribution in [1.82, 2.24) is 5.32 Å². The second-order valence-electron chi connectivity index (χ2n) is 3.79. The summed E-state index contributed by atoms with van der Waals surface area (Å²) in [6.07, 6.45) is 5.07. The van der Waals surface area contributed by atoms with Gasteiger partial charge in [0.2, 0.25) is 5.91 Å². The third-order valence-electron chi connectivity index (χ3n) is 2.41. The van der Waals surface area contributed by atoms with Gasteiger partial charge in [0.25, 0.3) is 0 Å². The number of carbonyl (C=O) groups excluding carboxylic acids is 1. The number of aliphatic hydroxyl groups is 1. The summed E-state index contributed by atoms with van der Waals surface area (Å²) in [6.45, 7) is 1.59. The van der Waals surface area contributed by atoms with Gasteiger partial charge in [-0.1, -0.05) is 36.3 Å². The van der Waals surface area contributed by atoms with Gasteiger partial charge in [0.1, 0.15) is 0 Å². The summed E-state index contributed by atoms with van der Waals surface area (Å²) in [5.74, 6) is 2.01. The van der Waals surface area contributed by atoms with Crippen LogP contribution in [-0.2, 0) is 10.3 Å². The van der Waals surface area contributed by atoms with Crippen molar-refractivity contribution in [3.05, 3.63) is 35.9 Å². The van der Waals surface area contributed by atoms with E-state index in [4.69, 9.17) is 6.42 Å². The maximum atomic E-state index is 11.4. The highest BCUT2D eigenvalue weighted by molar-refractivity contribution is 5.79. The summed E-state index contributed by atoms with van der Waals surface area (Å²) in [7, 11) is 0. The predicted octanol–water partition coefficient (Wildman–Crippen LogP) is 1.03. The Morgan fingerprint density at radius 2 is 2.12 bits per heavy atom. The second kappa shape index (κ2) is 5.34. The van der Waals surface area contributed by atoms with Crippen LogP contribution in [0.15, 0.2) is 30.3 Å². The molecule has 0 bridgehead atoms. The first-order valence-corrected chi connectivity index (χ1v) is 5.03. The Morgan fingerprint density at radius 1 is 1.50 bits per heavy atom. The lowest BCUT2D eigenvalue weighted by Crippen LogP contribution is -2.46. The molecule has 16 heavy (non-hydrogen) atoms. The summed E-state index contributed by atoms with van der Waals surface area (Å²) in [4.78, 5) is 11.4. The summed E-state index contributed by atoms with van der Waals surface area (Å²) < 4.78 is 0. The van der Waals surface area contributed by atoms with Crippen LogP contribution in [0.5, 0.6) is 0 Å². The van der Waals surface area contributed by atoms with E-state index in [2.05, 4.69) is 11.2 Å². The van der Waals surface area contributed by atoms with E-state index in [9.17, 15) is 9.90 Å². The molecule has 0 saturated heterocycles. The molecule has 0 radical (unpaired) electrons. The van der Waals surface area contributed by atoms with Gasteiger partial charge in [-0.15, -0.1) is 6.42 Å². The van der Waals surface area contributed by atoms with E-state index >= 15 is 0 Å². The van der Waals surface area contributed by atoms with Crippen LogP contribution in [-0.4, -0.2) is 17.6 Å².